The Labute approximate surface area is 129 Å². The van der Waals surface area contributed by atoms with Crippen LogP contribution in [0.4, 0.5) is 0 Å². The van der Waals surface area contributed by atoms with Gasteiger partial charge >= 0.3 is 0 Å². The van der Waals surface area contributed by atoms with E-state index >= 15 is 0 Å². The molecule has 4 nitrogen and oxygen atoms in total. The quantitative estimate of drug-likeness (QED) is 0.599. The number of ether oxygens (including phenoxy) is 1. The summed E-state index contributed by atoms with van der Waals surface area (Å²) in [5, 5.41) is 6.72. The number of guanidine groups is 1. The molecule has 0 saturated carbocycles. The molecule has 0 saturated heterocycles. The van der Waals surface area contributed by atoms with Crippen molar-refractivity contribution < 1.29 is 4.74 Å². The van der Waals surface area contributed by atoms with Gasteiger partial charge in [0, 0.05) is 12.6 Å². The van der Waals surface area contributed by atoms with Gasteiger partial charge in [-0.1, -0.05) is 26.0 Å². The number of hydrogen-bond acceptors (Lipinski definition) is 2. The van der Waals surface area contributed by atoms with E-state index in [4.69, 9.17) is 4.74 Å². The van der Waals surface area contributed by atoms with Crippen LogP contribution in [0.2, 0.25) is 0 Å². The zero-order valence-electron chi connectivity index (χ0n) is 13.9. The van der Waals surface area contributed by atoms with E-state index in [9.17, 15) is 0 Å². The average Bonchev–Trinajstić information content (AvgIpc) is 2.45. The summed E-state index contributed by atoms with van der Waals surface area (Å²) in [5.41, 5.74) is 1.15. The first kappa shape index (κ1) is 17.3. The Morgan fingerprint density at radius 1 is 1.24 bits per heavy atom. The van der Waals surface area contributed by atoms with Crippen molar-refractivity contribution in [3.05, 3.63) is 29.8 Å². The fourth-order valence-electron chi connectivity index (χ4n) is 1.77. The van der Waals surface area contributed by atoms with Gasteiger partial charge in [-0.2, -0.15) is 0 Å². The van der Waals surface area contributed by atoms with E-state index in [1.165, 1.54) is 0 Å². The summed E-state index contributed by atoms with van der Waals surface area (Å²) < 4.78 is 5.52. The van der Waals surface area contributed by atoms with Gasteiger partial charge in [0.15, 0.2) is 5.96 Å². The van der Waals surface area contributed by atoms with E-state index < -0.39 is 0 Å². The van der Waals surface area contributed by atoms with Crippen LogP contribution in [0, 0.1) is 5.92 Å². The highest BCUT2D eigenvalue weighted by Gasteiger charge is 2.08. The molecule has 0 fully saturated rings. The maximum Gasteiger partial charge on any atom is 0.191 e. The molecule has 4 heteroatoms. The summed E-state index contributed by atoms with van der Waals surface area (Å²) in [6.07, 6.45) is 0. The molecule has 0 aromatic heterocycles. The minimum Gasteiger partial charge on any atom is -0.494 e. The SMILES string of the molecule is CCNC(=NCc1cccc(OCC)c1)NC(C)C(C)C. The van der Waals surface area contributed by atoms with Crippen LogP contribution >= 0.6 is 0 Å². The second-order valence-electron chi connectivity index (χ2n) is 5.45. The maximum absolute atomic E-state index is 5.52. The van der Waals surface area contributed by atoms with Crippen molar-refractivity contribution in [2.45, 2.75) is 47.2 Å². The molecule has 118 valence electrons. The van der Waals surface area contributed by atoms with Gasteiger partial charge in [-0.3, -0.25) is 0 Å². The average molecular weight is 291 g/mol. The van der Waals surface area contributed by atoms with E-state index in [2.05, 4.69) is 49.4 Å². The van der Waals surface area contributed by atoms with Crippen molar-refractivity contribution in [1.29, 1.82) is 0 Å². The minimum absolute atomic E-state index is 0.387. The molecule has 1 atom stereocenters. The lowest BCUT2D eigenvalue weighted by molar-refractivity contribution is 0.340. The van der Waals surface area contributed by atoms with Crippen LogP contribution in [0.5, 0.6) is 5.75 Å². The van der Waals surface area contributed by atoms with E-state index in [0.29, 0.717) is 25.1 Å². The molecule has 0 aliphatic carbocycles. The predicted molar refractivity (Wildman–Crippen MR) is 89.9 cm³/mol. The first-order chi connectivity index (χ1) is 10.1. The first-order valence-corrected chi connectivity index (χ1v) is 7.83. The molecular formula is C17H29N3O. The standard InChI is InChI=1S/C17H29N3O/c1-6-18-17(20-14(5)13(3)4)19-12-15-9-8-10-16(11-15)21-7-2/h8-11,13-14H,6-7,12H2,1-5H3,(H2,18,19,20). The fraction of sp³-hybridized carbons (Fsp3) is 0.588. The number of aliphatic imine (C=N–C) groups is 1. The van der Waals surface area contributed by atoms with Crippen LogP contribution in [0.1, 0.15) is 40.2 Å². The van der Waals surface area contributed by atoms with Crippen LogP contribution in [-0.4, -0.2) is 25.2 Å². The predicted octanol–water partition coefficient (Wildman–Crippen LogP) is 3.18. The summed E-state index contributed by atoms with van der Waals surface area (Å²) in [7, 11) is 0. The molecule has 0 radical (unpaired) electrons. The highest BCUT2D eigenvalue weighted by Crippen LogP contribution is 2.14. The second-order valence-corrected chi connectivity index (χ2v) is 5.45. The molecule has 0 amide bonds. The van der Waals surface area contributed by atoms with Gasteiger partial charge in [-0.25, -0.2) is 4.99 Å². The first-order valence-electron chi connectivity index (χ1n) is 7.83. The van der Waals surface area contributed by atoms with E-state index in [1.807, 2.05) is 25.1 Å². The lowest BCUT2D eigenvalue weighted by Gasteiger charge is -2.20. The Morgan fingerprint density at radius 2 is 2.00 bits per heavy atom. The molecule has 0 bridgehead atoms. The van der Waals surface area contributed by atoms with E-state index in [-0.39, 0.29) is 0 Å². The molecule has 0 spiro atoms. The number of benzene rings is 1. The maximum atomic E-state index is 5.52. The third-order valence-electron chi connectivity index (χ3n) is 3.34. The van der Waals surface area contributed by atoms with Crippen LogP contribution in [0.3, 0.4) is 0 Å². The van der Waals surface area contributed by atoms with Gasteiger partial charge in [-0.15, -0.1) is 0 Å². The largest absolute Gasteiger partial charge is 0.494 e. The Kier molecular flexibility index (Phi) is 7.65. The fourth-order valence-corrected chi connectivity index (χ4v) is 1.77. The highest BCUT2D eigenvalue weighted by molar-refractivity contribution is 5.80. The zero-order chi connectivity index (χ0) is 15.7. The number of hydrogen-bond donors (Lipinski definition) is 2. The van der Waals surface area contributed by atoms with E-state index in [1.54, 1.807) is 0 Å². The summed E-state index contributed by atoms with van der Waals surface area (Å²) in [5.74, 6) is 2.33. The van der Waals surface area contributed by atoms with E-state index in [0.717, 1.165) is 23.8 Å². The topological polar surface area (TPSA) is 45.7 Å². The molecule has 0 heterocycles. The Hall–Kier alpha value is -1.71. The third-order valence-corrected chi connectivity index (χ3v) is 3.34. The van der Waals surface area contributed by atoms with Crippen molar-refractivity contribution in [2.75, 3.05) is 13.2 Å². The number of nitrogens with zero attached hydrogens (tertiary/aromatic N) is 1. The van der Waals surface area contributed by atoms with Crippen LogP contribution in [0.25, 0.3) is 0 Å². The van der Waals surface area contributed by atoms with Gasteiger partial charge in [-0.05, 0) is 44.4 Å². The highest BCUT2D eigenvalue weighted by atomic mass is 16.5. The molecule has 0 aliphatic heterocycles. The van der Waals surface area contributed by atoms with Gasteiger partial charge in [0.25, 0.3) is 0 Å². The van der Waals surface area contributed by atoms with Gasteiger partial charge in [0.1, 0.15) is 5.75 Å². The Morgan fingerprint density at radius 3 is 2.62 bits per heavy atom. The Bertz CT molecular complexity index is 443. The molecule has 1 unspecified atom stereocenters. The molecule has 2 N–H and O–H groups in total. The number of rotatable bonds is 7. The van der Waals surface area contributed by atoms with Crippen LogP contribution in [-0.2, 0) is 6.54 Å². The van der Waals surface area contributed by atoms with Crippen molar-refractivity contribution in [3.63, 3.8) is 0 Å². The van der Waals surface area contributed by atoms with Gasteiger partial charge in [0.05, 0.1) is 13.2 Å². The molecule has 1 aromatic carbocycles. The monoisotopic (exact) mass is 291 g/mol. The molecule has 1 aromatic rings. The van der Waals surface area contributed by atoms with Crippen molar-refractivity contribution in [1.82, 2.24) is 10.6 Å². The van der Waals surface area contributed by atoms with Crippen LogP contribution < -0.4 is 15.4 Å². The zero-order valence-corrected chi connectivity index (χ0v) is 13.9. The molecule has 0 aliphatic rings. The van der Waals surface area contributed by atoms with Gasteiger partial charge < -0.3 is 15.4 Å². The summed E-state index contributed by atoms with van der Waals surface area (Å²) in [6.45, 7) is 12.8. The molecular weight excluding hydrogens is 262 g/mol. The van der Waals surface area contributed by atoms with Crippen LogP contribution in [0.15, 0.2) is 29.3 Å². The van der Waals surface area contributed by atoms with Crippen molar-refractivity contribution in [3.8, 4) is 5.75 Å². The molecule has 1 rings (SSSR count). The normalized spacial score (nSPS) is 13.1. The summed E-state index contributed by atoms with van der Waals surface area (Å²) in [4.78, 5) is 4.65. The minimum atomic E-state index is 0.387. The summed E-state index contributed by atoms with van der Waals surface area (Å²) in [6, 6.07) is 8.48. The molecule has 21 heavy (non-hydrogen) atoms. The second kappa shape index (κ2) is 9.27. The van der Waals surface area contributed by atoms with Crippen molar-refractivity contribution >= 4 is 5.96 Å². The lowest BCUT2D eigenvalue weighted by Crippen LogP contribution is -2.44. The van der Waals surface area contributed by atoms with Crippen molar-refractivity contribution in [2.24, 2.45) is 10.9 Å². The number of nitrogens with one attached hydrogen (secondary N) is 2. The summed E-state index contributed by atoms with van der Waals surface area (Å²) >= 11 is 0. The smallest absolute Gasteiger partial charge is 0.191 e. The van der Waals surface area contributed by atoms with Gasteiger partial charge in [0.2, 0.25) is 0 Å². The lowest BCUT2D eigenvalue weighted by atomic mass is 10.1. The Balaban J connectivity index is 2.70. The third kappa shape index (κ3) is 6.52.